The summed E-state index contributed by atoms with van der Waals surface area (Å²) in [5, 5.41) is 10.0. The Morgan fingerprint density at radius 1 is 0.800 bits per heavy atom. The van der Waals surface area contributed by atoms with Crippen LogP contribution < -0.4 is 0 Å². The van der Waals surface area contributed by atoms with Gasteiger partial charge in [0, 0.05) is 10.0 Å². The number of ketones is 1. The Morgan fingerprint density at radius 3 is 1.45 bits per heavy atom. The van der Waals surface area contributed by atoms with Crippen LogP contribution >= 0.6 is 23.2 Å². The molecule has 0 amide bonds. The van der Waals surface area contributed by atoms with Crippen LogP contribution in [-0.2, 0) is 9.59 Å². The Morgan fingerprint density at radius 2 is 1.15 bits per heavy atom. The van der Waals surface area contributed by atoms with Gasteiger partial charge < -0.3 is 5.11 Å². The molecule has 0 atom stereocenters. The smallest absolute Gasteiger partial charge is 0.373 e. The van der Waals surface area contributed by atoms with Gasteiger partial charge in [0.15, 0.2) is 0 Å². The van der Waals surface area contributed by atoms with Gasteiger partial charge in [-0.25, -0.2) is 4.79 Å². The predicted octanol–water partition coefficient (Wildman–Crippen LogP) is 3.78. The molecule has 0 aromatic heterocycles. The minimum absolute atomic E-state index is 0.520. The third-order valence-corrected chi connectivity index (χ3v) is 3.38. The topological polar surface area (TPSA) is 54.4 Å². The maximum atomic E-state index is 11.9. The highest BCUT2D eigenvalue weighted by Crippen LogP contribution is 2.28. The van der Waals surface area contributed by atoms with Crippen molar-refractivity contribution >= 4 is 35.0 Å². The molecule has 0 unspecified atom stereocenters. The summed E-state index contributed by atoms with van der Waals surface area (Å²) < 4.78 is 0. The van der Waals surface area contributed by atoms with Crippen LogP contribution in [0.3, 0.4) is 0 Å². The van der Waals surface area contributed by atoms with Crippen LogP contribution in [0, 0.1) is 0 Å². The number of rotatable bonds is 4. The fourth-order valence-corrected chi connectivity index (χ4v) is 2.18. The molecule has 20 heavy (non-hydrogen) atoms. The molecule has 0 aliphatic rings. The quantitative estimate of drug-likeness (QED) is 0.875. The van der Waals surface area contributed by atoms with Gasteiger partial charge in [0.25, 0.3) is 5.78 Å². The summed E-state index contributed by atoms with van der Waals surface area (Å²) in [5.41, 5.74) is 1.15. The summed E-state index contributed by atoms with van der Waals surface area (Å²) in [6.45, 7) is 0. The number of halogens is 2. The summed E-state index contributed by atoms with van der Waals surface area (Å²) in [6, 6.07) is 13.0. The van der Waals surface area contributed by atoms with E-state index in [1.54, 1.807) is 48.5 Å². The average molecular weight is 309 g/mol. The van der Waals surface area contributed by atoms with Crippen LogP contribution in [0.25, 0.3) is 0 Å². The Balaban J connectivity index is 2.49. The van der Waals surface area contributed by atoms with Gasteiger partial charge in [0.05, 0.1) is 5.92 Å². The molecule has 0 aliphatic heterocycles. The van der Waals surface area contributed by atoms with Crippen molar-refractivity contribution in [3.63, 3.8) is 0 Å². The summed E-state index contributed by atoms with van der Waals surface area (Å²) in [5.74, 6) is -3.24. The Kier molecular flexibility index (Phi) is 4.42. The molecule has 0 heterocycles. The molecule has 5 heteroatoms. The molecule has 2 aromatic carbocycles. The molecule has 1 N–H and O–H groups in total. The molecule has 2 rings (SSSR count). The second-order valence-electron chi connectivity index (χ2n) is 4.21. The molecule has 102 valence electrons. The van der Waals surface area contributed by atoms with E-state index in [9.17, 15) is 9.59 Å². The molecule has 2 aromatic rings. The highest BCUT2D eigenvalue weighted by Gasteiger charge is 2.28. The van der Waals surface area contributed by atoms with Crippen molar-refractivity contribution in [1.82, 2.24) is 0 Å². The van der Waals surface area contributed by atoms with E-state index in [1.807, 2.05) is 0 Å². The molecule has 0 saturated carbocycles. The van der Waals surface area contributed by atoms with Crippen LogP contribution in [0.4, 0.5) is 0 Å². The lowest BCUT2D eigenvalue weighted by molar-refractivity contribution is -0.149. The molecule has 0 radical (unpaired) electrons. The molecular formula is C15H10Cl2O3. The standard InChI is InChI=1S/C15H10Cl2O3/c16-11-5-1-9(2-6-11)13(14(18)15(19)20)10-3-7-12(17)8-4-10/h1-8,13H,(H,19,20). The van der Waals surface area contributed by atoms with Gasteiger partial charge in [-0.2, -0.15) is 0 Å². The Bertz CT molecular complexity index is 588. The third-order valence-electron chi connectivity index (χ3n) is 2.88. The van der Waals surface area contributed by atoms with Crippen molar-refractivity contribution in [1.29, 1.82) is 0 Å². The van der Waals surface area contributed by atoms with E-state index in [2.05, 4.69) is 0 Å². The maximum Gasteiger partial charge on any atom is 0.373 e. The maximum absolute atomic E-state index is 11.9. The summed E-state index contributed by atoms with van der Waals surface area (Å²) in [7, 11) is 0. The van der Waals surface area contributed by atoms with Crippen LogP contribution in [0.1, 0.15) is 17.0 Å². The first-order valence-corrected chi connectivity index (χ1v) is 6.52. The van der Waals surface area contributed by atoms with E-state index >= 15 is 0 Å². The number of benzene rings is 2. The molecule has 3 nitrogen and oxygen atoms in total. The molecule has 0 saturated heterocycles. The lowest BCUT2D eigenvalue weighted by atomic mass is 9.88. The largest absolute Gasteiger partial charge is 0.475 e. The monoisotopic (exact) mass is 308 g/mol. The first-order valence-electron chi connectivity index (χ1n) is 5.77. The van der Waals surface area contributed by atoms with Crippen LogP contribution in [-0.4, -0.2) is 16.9 Å². The van der Waals surface area contributed by atoms with Crippen molar-refractivity contribution in [2.45, 2.75) is 5.92 Å². The summed E-state index contributed by atoms with van der Waals surface area (Å²) in [4.78, 5) is 23.0. The van der Waals surface area contributed by atoms with Gasteiger partial charge >= 0.3 is 5.97 Å². The second-order valence-corrected chi connectivity index (χ2v) is 5.08. The van der Waals surface area contributed by atoms with Crippen molar-refractivity contribution in [3.8, 4) is 0 Å². The fraction of sp³-hybridized carbons (Fsp3) is 0.0667. The van der Waals surface area contributed by atoms with Crippen LogP contribution in [0.5, 0.6) is 0 Å². The number of hydrogen-bond acceptors (Lipinski definition) is 2. The Labute approximate surface area is 125 Å². The second kappa shape index (κ2) is 6.07. The van der Waals surface area contributed by atoms with E-state index in [1.165, 1.54) is 0 Å². The number of carboxylic acid groups (broad SMARTS) is 1. The first-order chi connectivity index (χ1) is 9.49. The number of hydrogen-bond donors (Lipinski definition) is 1. The zero-order valence-electron chi connectivity index (χ0n) is 10.2. The van der Waals surface area contributed by atoms with E-state index in [0.29, 0.717) is 21.2 Å². The van der Waals surface area contributed by atoms with E-state index in [0.717, 1.165) is 0 Å². The normalized spacial score (nSPS) is 10.6. The van der Waals surface area contributed by atoms with Gasteiger partial charge in [-0.05, 0) is 35.4 Å². The third kappa shape index (κ3) is 3.18. The van der Waals surface area contributed by atoms with Gasteiger partial charge in [-0.1, -0.05) is 47.5 Å². The van der Waals surface area contributed by atoms with E-state index < -0.39 is 17.7 Å². The lowest BCUT2D eigenvalue weighted by Gasteiger charge is -2.15. The SMILES string of the molecule is O=C(O)C(=O)C(c1ccc(Cl)cc1)c1ccc(Cl)cc1. The highest BCUT2D eigenvalue weighted by atomic mass is 35.5. The van der Waals surface area contributed by atoms with E-state index in [4.69, 9.17) is 28.3 Å². The highest BCUT2D eigenvalue weighted by molar-refractivity contribution is 6.36. The zero-order valence-corrected chi connectivity index (χ0v) is 11.7. The summed E-state index contributed by atoms with van der Waals surface area (Å²) >= 11 is 11.6. The average Bonchev–Trinajstić information content (AvgIpc) is 2.43. The first kappa shape index (κ1) is 14.6. The zero-order chi connectivity index (χ0) is 14.7. The molecule has 0 aliphatic carbocycles. The van der Waals surface area contributed by atoms with Crippen molar-refractivity contribution in [3.05, 3.63) is 69.7 Å². The lowest BCUT2D eigenvalue weighted by Crippen LogP contribution is -2.22. The van der Waals surface area contributed by atoms with Gasteiger partial charge in [-0.15, -0.1) is 0 Å². The molecular weight excluding hydrogens is 299 g/mol. The number of carbonyl (C=O) groups excluding carboxylic acids is 1. The van der Waals surface area contributed by atoms with Gasteiger partial charge in [0.2, 0.25) is 0 Å². The molecule has 0 bridgehead atoms. The summed E-state index contributed by atoms with van der Waals surface area (Å²) in [6.07, 6.45) is 0. The number of Topliss-reactive ketones (excluding diaryl/α,β-unsaturated/α-hetero) is 1. The van der Waals surface area contributed by atoms with Gasteiger partial charge in [-0.3, -0.25) is 4.79 Å². The van der Waals surface area contributed by atoms with Gasteiger partial charge in [0.1, 0.15) is 0 Å². The van der Waals surface area contributed by atoms with Crippen LogP contribution in [0.2, 0.25) is 10.0 Å². The van der Waals surface area contributed by atoms with Crippen molar-refractivity contribution in [2.24, 2.45) is 0 Å². The molecule has 0 spiro atoms. The molecule has 0 fully saturated rings. The van der Waals surface area contributed by atoms with Crippen molar-refractivity contribution in [2.75, 3.05) is 0 Å². The number of aliphatic carboxylic acids is 1. The minimum Gasteiger partial charge on any atom is -0.475 e. The fourth-order valence-electron chi connectivity index (χ4n) is 1.93. The van der Waals surface area contributed by atoms with Crippen molar-refractivity contribution < 1.29 is 14.7 Å². The number of carboxylic acids is 1. The number of carbonyl (C=O) groups is 2. The van der Waals surface area contributed by atoms with Crippen LogP contribution in [0.15, 0.2) is 48.5 Å². The Hall–Kier alpha value is -1.84. The predicted molar refractivity (Wildman–Crippen MR) is 77.4 cm³/mol. The minimum atomic E-state index is -1.47. The van der Waals surface area contributed by atoms with E-state index in [-0.39, 0.29) is 0 Å².